The average Bonchev–Trinajstić information content (AvgIpc) is 2.87. The summed E-state index contributed by atoms with van der Waals surface area (Å²) in [4.78, 5) is 15.6. The summed E-state index contributed by atoms with van der Waals surface area (Å²) >= 11 is 0. The van der Waals surface area contributed by atoms with Crippen molar-refractivity contribution in [1.82, 2.24) is 10.3 Å². The molecule has 1 unspecified atom stereocenters. The number of carbonyl (C=O) groups excluding carboxylic acids is 1. The molecule has 0 fully saturated rings. The van der Waals surface area contributed by atoms with Crippen LogP contribution in [0.2, 0.25) is 0 Å². The number of fused-ring (bicyclic) bond motifs is 1. The number of H-pyrrole nitrogens is 1. The van der Waals surface area contributed by atoms with Crippen LogP contribution in [0.4, 0.5) is 0 Å². The third-order valence-corrected chi connectivity index (χ3v) is 3.66. The highest BCUT2D eigenvalue weighted by atomic mass is 16.1. The molecule has 2 N–H and O–H groups in total. The highest BCUT2D eigenvalue weighted by Gasteiger charge is 2.12. The van der Waals surface area contributed by atoms with Gasteiger partial charge in [0.05, 0.1) is 6.04 Å². The van der Waals surface area contributed by atoms with Crippen molar-refractivity contribution in [2.24, 2.45) is 0 Å². The van der Waals surface area contributed by atoms with E-state index in [9.17, 15) is 4.79 Å². The van der Waals surface area contributed by atoms with Crippen molar-refractivity contribution in [3.63, 3.8) is 0 Å². The Bertz CT molecular complexity index is 774. The molecule has 1 amide bonds. The number of amides is 1. The van der Waals surface area contributed by atoms with Crippen molar-refractivity contribution in [2.75, 3.05) is 0 Å². The first-order valence-corrected chi connectivity index (χ1v) is 7.08. The van der Waals surface area contributed by atoms with Crippen LogP contribution < -0.4 is 5.32 Å². The van der Waals surface area contributed by atoms with Crippen LogP contribution in [-0.2, 0) is 0 Å². The molecular weight excluding hydrogens is 260 g/mol. The summed E-state index contributed by atoms with van der Waals surface area (Å²) < 4.78 is 0. The first kappa shape index (κ1) is 13.4. The van der Waals surface area contributed by atoms with E-state index < -0.39 is 0 Å². The number of aromatic nitrogens is 1. The molecule has 0 radical (unpaired) electrons. The van der Waals surface area contributed by atoms with Crippen LogP contribution in [0.25, 0.3) is 10.9 Å². The Morgan fingerprint density at radius 3 is 2.62 bits per heavy atom. The molecular formula is C18H18N2O. The minimum Gasteiger partial charge on any atom is -0.359 e. The van der Waals surface area contributed by atoms with Crippen LogP contribution in [0.1, 0.15) is 34.6 Å². The smallest absolute Gasteiger partial charge is 0.251 e. The lowest BCUT2D eigenvalue weighted by molar-refractivity contribution is 0.0940. The van der Waals surface area contributed by atoms with Crippen molar-refractivity contribution < 1.29 is 4.79 Å². The van der Waals surface area contributed by atoms with E-state index >= 15 is 0 Å². The summed E-state index contributed by atoms with van der Waals surface area (Å²) in [5.41, 5.74) is 3.94. The number of rotatable bonds is 3. The molecule has 21 heavy (non-hydrogen) atoms. The summed E-state index contributed by atoms with van der Waals surface area (Å²) in [6, 6.07) is 17.7. The molecule has 1 heterocycles. The number of aromatic amines is 1. The maximum absolute atomic E-state index is 12.4. The third kappa shape index (κ3) is 2.82. The average molecular weight is 278 g/mol. The minimum atomic E-state index is -0.0490. The predicted molar refractivity (Wildman–Crippen MR) is 85.4 cm³/mol. The Morgan fingerprint density at radius 1 is 1.10 bits per heavy atom. The van der Waals surface area contributed by atoms with Crippen LogP contribution in [0.15, 0.2) is 54.6 Å². The molecule has 0 aliphatic heterocycles. The van der Waals surface area contributed by atoms with Gasteiger partial charge in [0.25, 0.3) is 5.91 Å². The summed E-state index contributed by atoms with van der Waals surface area (Å²) in [6.07, 6.45) is 0. The summed E-state index contributed by atoms with van der Waals surface area (Å²) in [6.45, 7) is 4.00. The van der Waals surface area contributed by atoms with Crippen LogP contribution >= 0.6 is 0 Å². The van der Waals surface area contributed by atoms with E-state index in [4.69, 9.17) is 0 Å². The maximum atomic E-state index is 12.4. The Labute approximate surface area is 124 Å². The molecule has 106 valence electrons. The number of aryl methyl sites for hydroxylation is 1. The van der Waals surface area contributed by atoms with Gasteiger partial charge in [-0.05, 0) is 43.7 Å². The van der Waals surface area contributed by atoms with E-state index in [1.165, 1.54) is 0 Å². The van der Waals surface area contributed by atoms with Gasteiger partial charge in [-0.3, -0.25) is 4.79 Å². The molecule has 3 heteroatoms. The molecule has 2 aromatic carbocycles. The molecule has 0 aliphatic carbocycles. The Hall–Kier alpha value is -2.55. The van der Waals surface area contributed by atoms with E-state index in [1.807, 2.05) is 68.4 Å². The quantitative estimate of drug-likeness (QED) is 0.748. The SMILES string of the molecule is Cc1cc2cc(C(=O)NC(C)c3ccccc3)ccc2[nH]1. The van der Waals surface area contributed by atoms with Gasteiger partial charge < -0.3 is 10.3 Å². The van der Waals surface area contributed by atoms with Crippen molar-refractivity contribution in [3.05, 3.63) is 71.4 Å². The topological polar surface area (TPSA) is 44.9 Å². The van der Waals surface area contributed by atoms with Crippen LogP contribution in [0, 0.1) is 6.92 Å². The van der Waals surface area contributed by atoms with Crippen LogP contribution in [0.3, 0.4) is 0 Å². The fourth-order valence-corrected chi connectivity index (χ4v) is 2.52. The van der Waals surface area contributed by atoms with Gasteiger partial charge in [0.2, 0.25) is 0 Å². The molecule has 0 saturated carbocycles. The number of hydrogen-bond donors (Lipinski definition) is 2. The number of benzene rings is 2. The first-order valence-electron chi connectivity index (χ1n) is 7.08. The van der Waals surface area contributed by atoms with Gasteiger partial charge in [-0.25, -0.2) is 0 Å². The monoisotopic (exact) mass is 278 g/mol. The van der Waals surface area contributed by atoms with Gasteiger partial charge in [-0.2, -0.15) is 0 Å². The maximum Gasteiger partial charge on any atom is 0.251 e. The second-order valence-corrected chi connectivity index (χ2v) is 5.36. The molecule has 1 atom stereocenters. The van der Waals surface area contributed by atoms with Crippen molar-refractivity contribution in [3.8, 4) is 0 Å². The molecule has 0 aliphatic rings. The summed E-state index contributed by atoms with van der Waals surface area (Å²) in [5, 5.41) is 4.10. The van der Waals surface area contributed by atoms with Gasteiger partial charge >= 0.3 is 0 Å². The Kier molecular flexibility index (Phi) is 3.48. The van der Waals surface area contributed by atoms with E-state index in [2.05, 4.69) is 10.3 Å². The van der Waals surface area contributed by atoms with Gasteiger partial charge in [0.15, 0.2) is 0 Å². The zero-order chi connectivity index (χ0) is 14.8. The Morgan fingerprint density at radius 2 is 1.86 bits per heavy atom. The van der Waals surface area contributed by atoms with Gasteiger partial charge in [-0.1, -0.05) is 30.3 Å². The lowest BCUT2D eigenvalue weighted by Crippen LogP contribution is -2.26. The third-order valence-electron chi connectivity index (χ3n) is 3.66. The normalized spacial score (nSPS) is 12.3. The molecule has 0 saturated heterocycles. The van der Waals surface area contributed by atoms with E-state index in [0.29, 0.717) is 5.56 Å². The molecule has 0 spiro atoms. The fraction of sp³-hybridized carbons (Fsp3) is 0.167. The zero-order valence-electron chi connectivity index (χ0n) is 12.2. The molecule has 3 aromatic rings. The van der Waals surface area contributed by atoms with Crippen LogP contribution in [0.5, 0.6) is 0 Å². The molecule has 0 bridgehead atoms. The number of hydrogen-bond acceptors (Lipinski definition) is 1. The molecule has 3 rings (SSSR count). The highest BCUT2D eigenvalue weighted by molar-refractivity contribution is 5.98. The van der Waals surface area contributed by atoms with Crippen molar-refractivity contribution in [1.29, 1.82) is 0 Å². The first-order chi connectivity index (χ1) is 10.1. The molecule has 1 aromatic heterocycles. The summed E-state index contributed by atoms with van der Waals surface area (Å²) in [7, 11) is 0. The fourth-order valence-electron chi connectivity index (χ4n) is 2.52. The van der Waals surface area contributed by atoms with Crippen LogP contribution in [-0.4, -0.2) is 10.9 Å². The molecule has 3 nitrogen and oxygen atoms in total. The predicted octanol–water partition coefficient (Wildman–Crippen LogP) is 3.97. The lowest BCUT2D eigenvalue weighted by atomic mass is 10.1. The van der Waals surface area contributed by atoms with E-state index in [-0.39, 0.29) is 11.9 Å². The highest BCUT2D eigenvalue weighted by Crippen LogP contribution is 2.18. The van der Waals surface area contributed by atoms with Gasteiger partial charge in [-0.15, -0.1) is 0 Å². The standard InChI is InChI=1S/C18H18N2O/c1-12-10-16-11-15(8-9-17(16)19-12)18(21)20-13(2)14-6-4-3-5-7-14/h3-11,13,19H,1-2H3,(H,20,21). The lowest BCUT2D eigenvalue weighted by Gasteiger charge is -2.14. The number of nitrogens with one attached hydrogen (secondary N) is 2. The van der Waals surface area contributed by atoms with E-state index in [1.54, 1.807) is 0 Å². The Balaban J connectivity index is 1.80. The van der Waals surface area contributed by atoms with Gasteiger partial charge in [0.1, 0.15) is 0 Å². The van der Waals surface area contributed by atoms with Crippen molar-refractivity contribution in [2.45, 2.75) is 19.9 Å². The minimum absolute atomic E-state index is 0.0117. The second kappa shape index (κ2) is 5.44. The second-order valence-electron chi connectivity index (χ2n) is 5.36. The van der Waals surface area contributed by atoms with E-state index in [0.717, 1.165) is 22.2 Å². The zero-order valence-corrected chi connectivity index (χ0v) is 12.2. The number of carbonyl (C=O) groups is 1. The summed E-state index contributed by atoms with van der Waals surface area (Å²) in [5.74, 6) is -0.0490. The largest absolute Gasteiger partial charge is 0.359 e. The van der Waals surface area contributed by atoms with Gasteiger partial charge in [0, 0.05) is 22.2 Å². The van der Waals surface area contributed by atoms with Crippen molar-refractivity contribution >= 4 is 16.8 Å².